The minimum Gasteiger partial charge on any atom is 2.00 e. The predicted octanol–water partition coefficient (Wildman–Crippen LogP) is 15.6. The Hall–Kier alpha value is -4.79. The molecule has 0 unspecified atom stereocenters. The number of rotatable bonds is 6. The molecule has 408 valence electrons. The predicted molar refractivity (Wildman–Crippen MR) is 331 cm³/mol. The van der Waals surface area contributed by atoms with Crippen molar-refractivity contribution in [2.75, 3.05) is 0 Å². The van der Waals surface area contributed by atoms with Gasteiger partial charge < -0.3 is 19.0 Å². The van der Waals surface area contributed by atoms with Crippen LogP contribution in [0.3, 0.4) is 0 Å². The van der Waals surface area contributed by atoms with E-state index in [2.05, 4.69) is 106 Å². The van der Waals surface area contributed by atoms with Crippen LogP contribution in [-0.4, -0.2) is 121 Å². The molecule has 0 amide bonds. The summed E-state index contributed by atoms with van der Waals surface area (Å²) in [4.78, 5) is 28.2. The Balaban J connectivity index is 0.000000148. The van der Waals surface area contributed by atoms with Gasteiger partial charge in [-0.1, -0.05) is 82.6 Å². The molecule has 0 atom stereocenters. The molecular weight excluding hydrogens is 1550 g/mol. The van der Waals surface area contributed by atoms with Crippen LogP contribution in [0.15, 0.2) is 195 Å². The van der Waals surface area contributed by atoms with Gasteiger partial charge in [0.25, 0.3) is 0 Å². The molecule has 0 aliphatic heterocycles. The van der Waals surface area contributed by atoms with Gasteiger partial charge in [0.15, 0.2) is 17.2 Å². The molecule has 0 radical (unpaired) electrons. The Morgan fingerprint density at radius 1 is 0.440 bits per heavy atom. The number of pyridine rings is 8. The maximum atomic E-state index is 6.36. The Morgan fingerprint density at radius 2 is 0.964 bits per heavy atom. The van der Waals surface area contributed by atoms with Crippen LogP contribution in [-0.2, 0) is 33.0 Å². The average molecular weight is 1590 g/mol. The summed E-state index contributed by atoms with van der Waals surface area (Å²) in [7, 11) is 20.0. The zero-order valence-corrected chi connectivity index (χ0v) is 58.6. The molecule has 4 aromatic carbocycles. The van der Waals surface area contributed by atoms with E-state index in [-0.39, 0.29) is 21.1 Å². The molecule has 16 rings (SSSR count). The molecule has 12 heterocycles. The zero-order chi connectivity index (χ0) is 56.9. The van der Waals surface area contributed by atoms with Crippen LogP contribution >= 0.6 is 37.7 Å². The molecule has 16 aromatic rings. The van der Waals surface area contributed by atoms with Gasteiger partial charge in [0.05, 0.1) is 22.2 Å². The number of halogens is 4. The third kappa shape index (κ3) is 11.8. The third-order valence-corrected chi connectivity index (χ3v) is 13.7. The van der Waals surface area contributed by atoms with Crippen LogP contribution in [0.1, 0.15) is 11.4 Å². The average Bonchev–Trinajstić information content (AvgIpc) is 1.80. The van der Waals surface area contributed by atoms with E-state index >= 15 is 0 Å². The largest absolute Gasteiger partial charge is 2.00 e. The van der Waals surface area contributed by atoms with Crippen LogP contribution in [0.4, 0.5) is 0 Å². The minimum absolute atomic E-state index is 0. The van der Waals surface area contributed by atoms with Crippen molar-refractivity contribution in [3.8, 4) is 34.9 Å². The number of benzene rings is 4. The van der Waals surface area contributed by atoms with Gasteiger partial charge in [-0.15, -0.1) is 17.5 Å². The Bertz CT molecular complexity index is 4820. The molecular formula is C62H38Cl4K2N12O2Pt2. The van der Waals surface area contributed by atoms with E-state index in [1.54, 1.807) is 23.1 Å². The van der Waals surface area contributed by atoms with Crippen LogP contribution in [0, 0.1) is 26.0 Å². The normalized spacial score (nSPS) is 11.7. The first-order valence-corrected chi connectivity index (χ1v) is 53.4. The summed E-state index contributed by atoms with van der Waals surface area (Å²) in [5.41, 5.74) is 10.6. The molecule has 0 aliphatic rings. The Morgan fingerprint density at radius 3 is 1.63 bits per heavy atom. The van der Waals surface area contributed by atoms with Crippen molar-refractivity contribution in [2.24, 2.45) is 0 Å². The van der Waals surface area contributed by atoms with E-state index in [0.717, 1.165) is 116 Å². The van der Waals surface area contributed by atoms with E-state index < -0.39 is 11.9 Å². The van der Waals surface area contributed by atoms with Crippen LogP contribution in [0.2, 0.25) is 0 Å². The second-order valence-corrected chi connectivity index (χ2v) is 38.4. The fourth-order valence-electron chi connectivity index (χ4n) is 10.6. The fourth-order valence-corrected chi connectivity index (χ4v) is 10.6. The van der Waals surface area contributed by atoms with Crippen LogP contribution < -0.4 is 9.47 Å². The molecule has 12 aromatic heterocycles. The van der Waals surface area contributed by atoms with Gasteiger partial charge in [-0.2, -0.15) is 22.3 Å². The zero-order valence-electron chi connectivity index (χ0n) is 44.8. The van der Waals surface area contributed by atoms with E-state index in [1.165, 1.54) is 68.5 Å². The summed E-state index contributed by atoms with van der Waals surface area (Å²) in [6.45, 7) is 3.89. The number of para-hydroxylation sites is 2. The molecule has 0 saturated heterocycles. The standard InChI is InChI=1S/C31H20N6O.C31H18N6O.4ClH.2K.2Pt/c2*1-19-17-27-30-23(24-8-6-16-33-31(24)37(27)35-19)13-14-29(34-30)38-20-11-12-22-21-7-2-3-9-25(21)36(26(22)18-20)28-10-4-5-15-32-28;;;;;;;;/h2-18H,1H3;2-16H,1H3;4*1H;;;;/q;-2;;;;;;;+2;+4/p-4. The third-order valence-electron chi connectivity index (χ3n) is 13.7. The Labute approximate surface area is 557 Å². The topological polar surface area (TPSA) is 140 Å². The number of fused-ring (bicyclic) bond motifs is 18. The molecule has 84 heavy (non-hydrogen) atoms. The van der Waals surface area contributed by atoms with E-state index in [0.29, 0.717) is 23.3 Å². The number of aromatic nitrogens is 12. The van der Waals surface area contributed by atoms with Gasteiger partial charge in [0, 0.05) is 75.1 Å². The smallest absolute Gasteiger partial charge is 2.00 e. The molecule has 0 spiro atoms. The molecule has 0 fully saturated rings. The van der Waals surface area contributed by atoms with E-state index in [1.807, 2.05) is 140 Å². The van der Waals surface area contributed by atoms with Gasteiger partial charge in [0.1, 0.15) is 22.9 Å². The van der Waals surface area contributed by atoms with Crippen molar-refractivity contribution < 1.29 is 42.4 Å². The SMILES string of the molecule is Cc1[c-]c2c3nc(Oc4[c-]c5c(cc4)c4ccccc4n5-c4ccccn4)ccc3c3cccnc3n2n1.Cc1cc2c3nc(Oc4ccc5c6ccccc6n(-c6ccccn6)c5c4)ccc3c3cccnc3n2n1.[Cl][Pt]([Cl])([Cl])[Cl].[K][K].[Pt+2]. The summed E-state index contributed by atoms with van der Waals surface area (Å²) < 4.78 is 20.6. The van der Waals surface area contributed by atoms with Crippen molar-refractivity contribution in [3.63, 3.8) is 0 Å². The van der Waals surface area contributed by atoms with Crippen molar-refractivity contribution in [2.45, 2.75) is 13.8 Å². The summed E-state index contributed by atoms with van der Waals surface area (Å²) in [6, 6.07) is 63.3. The second kappa shape index (κ2) is 25.5. The number of ether oxygens (including phenoxy) is 2. The van der Waals surface area contributed by atoms with Gasteiger partial charge in [-0.25, -0.2) is 29.4 Å². The van der Waals surface area contributed by atoms with Crippen molar-refractivity contribution in [1.82, 2.24) is 58.3 Å². The number of nitrogens with zero attached hydrogens (tertiary/aromatic N) is 12. The summed E-state index contributed by atoms with van der Waals surface area (Å²) in [5, 5.41) is 17.7. The van der Waals surface area contributed by atoms with Crippen LogP contribution in [0.25, 0.3) is 110 Å². The summed E-state index contributed by atoms with van der Waals surface area (Å²) in [6.07, 6.45) is 7.17. The molecule has 0 N–H and O–H groups in total. The number of hydrogen-bond donors (Lipinski definition) is 0. The quantitative estimate of drug-likeness (QED) is 0.0898. The van der Waals surface area contributed by atoms with Crippen molar-refractivity contribution >= 4 is 199 Å². The van der Waals surface area contributed by atoms with Crippen molar-refractivity contribution in [3.05, 3.63) is 218 Å². The van der Waals surface area contributed by atoms with E-state index in [9.17, 15) is 0 Å². The fraction of sp³-hybridized carbons (Fsp3) is 0.0323. The van der Waals surface area contributed by atoms with E-state index in [4.69, 9.17) is 57.1 Å². The molecule has 0 aliphatic carbocycles. The molecule has 14 nitrogen and oxygen atoms in total. The number of aryl methyl sites for hydroxylation is 2. The minimum atomic E-state index is -3.06. The molecule has 22 heteroatoms. The maximum Gasteiger partial charge on any atom is 2.00 e. The second-order valence-electron chi connectivity index (χ2n) is 18.7. The first-order valence-electron chi connectivity index (χ1n) is 26.1. The van der Waals surface area contributed by atoms with Gasteiger partial charge in [0.2, 0.25) is 5.88 Å². The molecule has 0 saturated carbocycles. The first kappa shape index (κ1) is 59.5. The van der Waals surface area contributed by atoms with Crippen LogP contribution in [0.5, 0.6) is 23.3 Å². The Kier molecular flexibility index (Phi) is 18.1. The number of hydrogen-bond acceptors (Lipinski definition) is 10. The van der Waals surface area contributed by atoms with Gasteiger partial charge >= 0.3 is 134 Å². The summed E-state index contributed by atoms with van der Waals surface area (Å²) >= 11 is -0.556. The first-order chi connectivity index (χ1) is 40.5. The monoisotopic (exact) mass is 1590 g/mol. The maximum absolute atomic E-state index is 6.36. The summed E-state index contributed by atoms with van der Waals surface area (Å²) in [5.74, 6) is 3.93. The van der Waals surface area contributed by atoms with Gasteiger partial charge in [-0.3, -0.25) is 9.08 Å². The van der Waals surface area contributed by atoms with Crippen molar-refractivity contribution in [1.29, 1.82) is 0 Å². The van der Waals surface area contributed by atoms with Gasteiger partial charge in [-0.05, 0) is 110 Å². The molecule has 0 bridgehead atoms.